The summed E-state index contributed by atoms with van der Waals surface area (Å²) in [6.07, 6.45) is 1.24. The number of hydrogen-bond acceptors (Lipinski definition) is 2. The number of alkyl halides is 3. The minimum Gasteiger partial charge on any atom is -0.507 e. The average Bonchev–Trinajstić information content (AvgIpc) is 2.47. The predicted molar refractivity (Wildman–Crippen MR) is 51.9 cm³/mol. The molecule has 0 saturated heterocycles. The van der Waals surface area contributed by atoms with Crippen molar-refractivity contribution < 1.29 is 18.3 Å². The van der Waals surface area contributed by atoms with E-state index in [0.717, 1.165) is 0 Å². The van der Waals surface area contributed by atoms with Crippen molar-refractivity contribution in [3.05, 3.63) is 24.4 Å². The third-order valence-electron chi connectivity index (χ3n) is 1.87. The Kier molecular flexibility index (Phi) is 2.30. The summed E-state index contributed by atoms with van der Waals surface area (Å²) in [5.41, 5.74) is -3.86. The molecule has 0 atom stereocenters. The molecule has 1 heterocycles. The molecular formula is C9H6F3NOS. The summed E-state index contributed by atoms with van der Waals surface area (Å²) in [5.74, 6) is -0.152. The van der Waals surface area contributed by atoms with Crippen LogP contribution < -0.4 is 0 Å². The molecular weight excluding hydrogens is 227 g/mol. The summed E-state index contributed by atoms with van der Waals surface area (Å²) in [4.78, 5) is 2.65. The van der Waals surface area contributed by atoms with Crippen LogP contribution in [0.1, 0.15) is 0 Å². The van der Waals surface area contributed by atoms with Gasteiger partial charge in [-0.25, -0.2) is 0 Å². The topological polar surface area (TPSA) is 36.0 Å². The van der Waals surface area contributed by atoms with E-state index in [2.05, 4.69) is 4.98 Å². The van der Waals surface area contributed by atoms with Crippen LogP contribution in [-0.2, 0) is 0 Å². The second-order valence-electron chi connectivity index (χ2n) is 2.90. The maximum Gasteiger partial charge on any atom is 0.446 e. The number of benzene rings is 1. The molecule has 0 aliphatic rings. The van der Waals surface area contributed by atoms with Crippen LogP contribution in [0.3, 0.4) is 0 Å². The summed E-state index contributed by atoms with van der Waals surface area (Å²) in [6, 6.07) is 4.53. The lowest BCUT2D eigenvalue weighted by Crippen LogP contribution is -1.98. The summed E-state index contributed by atoms with van der Waals surface area (Å²) in [6.45, 7) is 0. The first-order valence-electron chi connectivity index (χ1n) is 4.02. The number of hydrogen-bond donors (Lipinski definition) is 2. The molecule has 2 N–H and O–H groups in total. The van der Waals surface area contributed by atoms with Crippen molar-refractivity contribution in [3.63, 3.8) is 0 Å². The summed E-state index contributed by atoms with van der Waals surface area (Å²) >= 11 is -0.240. The largest absolute Gasteiger partial charge is 0.507 e. The fourth-order valence-corrected chi connectivity index (χ4v) is 2.02. The number of nitrogens with one attached hydrogen (secondary N) is 1. The maximum absolute atomic E-state index is 12.1. The number of halogens is 3. The van der Waals surface area contributed by atoms with Gasteiger partial charge < -0.3 is 10.1 Å². The standard InChI is InChI=1S/C9H6F3NOS/c10-9(11,12)15-7-4-13-5-2-1-3-6(14)8(5)7/h1-4,13-14H. The minimum atomic E-state index is -4.35. The number of phenols is 1. The van der Waals surface area contributed by atoms with Crippen LogP contribution in [-0.4, -0.2) is 15.6 Å². The van der Waals surface area contributed by atoms with Crippen molar-refractivity contribution in [2.45, 2.75) is 10.4 Å². The van der Waals surface area contributed by atoms with E-state index in [1.807, 2.05) is 0 Å². The lowest BCUT2D eigenvalue weighted by atomic mass is 10.2. The second kappa shape index (κ2) is 3.37. The van der Waals surface area contributed by atoms with Crippen molar-refractivity contribution in [2.24, 2.45) is 0 Å². The van der Waals surface area contributed by atoms with E-state index in [9.17, 15) is 18.3 Å². The number of thioether (sulfide) groups is 1. The molecule has 1 aromatic heterocycles. The Labute approximate surface area is 87.1 Å². The zero-order chi connectivity index (χ0) is 11.1. The van der Waals surface area contributed by atoms with Gasteiger partial charge in [-0.15, -0.1) is 0 Å². The molecule has 0 bridgehead atoms. The summed E-state index contributed by atoms with van der Waals surface area (Å²) in [7, 11) is 0. The molecule has 80 valence electrons. The van der Waals surface area contributed by atoms with Crippen molar-refractivity contribution in [1.82, 2.24) is 4.98 Å². The fourth-order valence-electron chi connectivity index (χ4n) is 1.34. The van der Waals surface area contributed by atoms with Crippen molar-refractivity contribution in [2.75, 3.05) is 0 Å². The normalized spacial score (nSPS) is 12.2. The van der Waals surface area contributed by atoms with E-state index >= 15 is 0 Å². The van der Waals surface area contributed by atoms with E-state index in [-0.39, 0.29) is 27.8 Å². The van der Waals surface area contributed by atoms with E-state index in [1.165, 1.54) is 12.3 Å². The Morgan fingerprint density at radius 2 is 2.00 bits per heavy atom. The van der Waals surface area contributed by atoms with Crippen molar-refractivity contribution in [3.8, 4) is 5.75 Å². The maximum atomic E-state index is 12.1. The molecule has 15 heavy (non-hydrogen) atoms. The summed E-state index contributed by atoms with van der Waals surface area (Å²) in [5, 5.41) is 9.65. The highest BCUT2D eigenvalue weighted by Crippen LogP contribution is 2.42. The van der Waals surface area contributed by atoms with Gasteiger partial charge in [-0.05, 0) is 23.9 Å². The van der Waals surface area contributed by atoms with Crippen LogP contribution in [0.4, 0.5) is 13.2 Å². The highest BCUT2D eigenvalue weighted by molar-refractivity contribution is 8.00. The molecule has 0 saturated carbocycles. The first kappa shape index (κ1) is 10.2. The van der Waals surface area contributed by atoms with Crippen LogP contribution in [0.15, 0.2) is 29.3 Å². The third-order valence-corrected chi connectivity index (χ3v) is 2.65. The minimum absolute atomic E-state index is 0.0180. The highest BCUT2D eigenvalue weighted by atomic mass is 32.2. The van der Waals surface area contributed by atoms with E-state index in [4.69, 9.17) is 0 Å². The molecule has 6 heteroatoms. The number of fused-ring (bicyclic) bond motifs is 1. The van der Waals surface area contributed by atoms with E-state index in [1.54, 1.807) is 12.1 Å². The first-order chi connectivity index (χ1) is 6.97. The lowest BCUT2D eigenvalue weighted by molar-refractivity contribution is -0.0327. The van der Waals surface area contributed by atoms with Gasteiger partial charge in [0.25, 0.3) is 0 Å². The number of aromatic amines is 1. The van der Waals surface area contributed by atoms with Crippen LogP contribution in [0, 0.1) is 0 Å². The molecule has 0 fully saturated rings. The van der Waals surface area contributed by atoms with Gasteiger partial charge in [-0.2, -0.15) is 13.2 Å². The molecule has 0 aliphatic carbocycles. The number of rotatable bonds is 1. The SMILES string of the molecule is Oc1cccc2[nH]cc(SC(F)(F)F)c12. The van der Waals surface area contributed by atoms with Crippen LogP contribution in [0.2, 0.25) is 0 Å². The van der Waals surface area contributed by atoms with Crippen molar-refractivity contribution in [1.29, 1.82) is 0 Å². The van der Waals surface area contributed by atoms with Crippen LogP contribution in [0.5, 0.6) is 5.75 Å². The van der Waals surface area contributed by atoms with Gasteiger partial charge in [0.05, 0.1) is 10.9 Å². The molecule has 0 amide bonds. The van der Waals surface area contributed by atoms with Gasteiger partial charge in [-0.3, -0.25) is 0 Å². The Morgan fingerprint density at radius 3 is 2.67 bits per heavy atom. The molecule has 0 radical (unpaired) electrons. The number of H-pyrrole nitrogens is 1. The lowest BCUT2D eigenvalue weighted by Gasteiger charge is -2.04. The van der Waals surface area contributed by atoms with Gasteiger partial charge in [0.2, 0.25) is 0 Å². The number of phenolic OH excluding ortho intramolecular Hbond substituents is 1. The van der Waals surface area contributed by atoms with Crippen LogP contribution >= 0.6 is 11.8 Å². The van der Waals surface area contributed by atoms with Gasteiger partial charge >= 0.3 is 5.51 Å². The molecule has 0 unspecified atom stereocenters. The molecule has 2 rings (SSSR count). The van der Waals surface area contributed by atoms with Gasteiger partial charge in [0.1, 0.15) is 5.75 Å². The quantitative estimate of drug-likeness (QED) is 0.739. The Morgan fingerprint density at radius 1 is 1.27 bits per heavy atom. The van der Waals surface area contributed by atoms with Crippen LogP contribution in [0.25, 0.3) is 10.9 Å². The summed E-state index contributed by atoms with van der Waals surface area (Å²) < 4.78 is 36.4. The average molecular weight is 233 g/mol. The highest BCUT2D eigenvalue weighted by Gasteiger charge is 2.30. The first-order valence-corrected chi connectivity index (χ1v) is 4.84. The van der Waals surface area contributed by atoms with E-state index in [0.29, 0.717) is 5.52 Å². The molecule has 0 spiro atoms. The number of aromatic hydroxyl groups is 1. The predicted octanol–water partition coefficient (Wildman–Crippen LogP) is 3.49. The fraction of sp³-hybridized carbons (Fsp3) is 0.111. The van der Waals surface area contributed by atoms with E-state index < -0.39 is 5.51 Å². The molecule has 2 aromatic rings. The Balaban J connectivity index is 2.53. The smallest absolute Gasteiger partial charge is 0.446 e. The zero-order valence-electron chi connectivity index (χ0n) is 7.30. The Hall–Kier alpha value is -1.30. The third kappa shape index (κ3) is 2.04. The Bertz CT molecular complexity index is 492. The van der Waals surface area contributed by atoms with Gasteiger partial charge in [0, 0.05) is 11.1 Å². The van der Waals surface area contributed by atoms with Crippen molar-refractivity contribution >= 4 is 22.7 Å². The monoisotopic (exact) mass is 233 g/mol. The zero-order valence-corrected chi connectivity index (χ0v) is 8.12. The number of aromatic nitrogens is 1. The van der Waals surface area contributed by atoms with Gasteiger partial charge in [0.15, 0.2) is 0 Å². The molecule has 0 aliphatic heterocycles. The van der Waals surface area contributed by atoms with Gasteiger partial charge in [-0.1, -0.05) is 6.07 Å². The molecule has 2 nitrogen and oxygen atoms in total. The molecule has 1 aromatic carbocycles. The second-order valence-corrected chi connectivity index (χ2v) is 4.01.